The third-order valence-corrected chi connectivity index (χ3v) is 2.87. The number of hydrogen-bond donors (Lipinski definition) is 3. The van der Waals surface area contributed by atoms with E-state index >= 15 is 0 Å². The molecule has 2 aromatic rings. The fourth-order valence-electron chi connectivity index (χ4n) is 1.50. The summed E-state index contributed by atoms with van der Waals surface area (Å²) in [7, 11) is 0. The average molecular weight is 294 g/mol. The Kier molecular flexibility index (Phi) is 3.54. The van der Waals surface area contributed by atoms with Crippen molar-refractivity contribution in [1.82, 2.24) is 0 Å². The Bertz CT molecular complexity index is 529. The van der Waals surface area contributed by atoms with Crippen molar-refractivity contribution in [2.24, 2.45) is 0 Å². The second kappa shape index (κ2) is 5.10. The molecule has 0 aliphatic rings. The van der Waals surface area contributed by atoms with Gasteiger partial charge in [0.1, 0.15) is 11.5 Å². The van der Waals surface area contributed by atoms with E-state index in [0.717, 1.165) is 15.7 Å². The van der Waals surface area contributed by atoms with Crippen LogP contribution in [0.25, 0.3) is 0 Å². The number of anilines is 1. The van der Waals surface area contributed by atoms with Crippen LogP contribution in [0.2, 0.25) is 0 Å². The zero-order valence-corrected chi connectivity index (χ0v) is 10.6. The van der Waals surface area contributed by atoms with E-state index in [4.69, 9.17) is 0 Å². The molecule has 0 fully saturated rings. The number of hydrogen-bond acceptors (Lipinski definition) is 3. The van der Waals surface area contributed by atoms with Gasteiger partial charge in [-0.15, -0.1) is 0 Å². The summed E-state index contributed by atoms with van der Waals surface area (Å²) >= 11 is 3.39. The van der Waals surface area contributed by atoms with Crippen molar-refractivity contribution >= 4 is 21.6 Å². The molecule has 0 unspecified atom stereocenters. The largest absolute Gasteiger partial charge is 0.508 e. The molecule has 3 N–H and O–H groups in total. The molecule has 3 nitrogen and oxygen atoms in total. The van der Waals surface area contributed by atoms with E-state index in [1.54, 1.807) is 12.1 Å². The first-order chi connectivity index (χ1) is 8.15. The molecule has 0 saturated heterocycles. The number of aromatic hydroxyl groups is 2. The lowest BCUT2D eigenvalue weighted by Gasteiger charge is -2.08. The van der Waals surface area contributed by atoms with E-state index in [9.17, 15) is 10.2 Å². The molecule has 0 bridgehead atoms. The van der Waals surface area contributed by atoms with Gasteiger partial charge in [-0.3, -0.25) is 0 Å². The summed E-state index contributed by atoms with van der Waals surface area (Å²) in [6.45, 7) is 0.503. The van der Waals surface area contributed by atoms with Gasteiger partial charge in [-0.05, 0) is 30.3 Å². The summed E-state index contributed by atoms with van der Waals surface area (Å²) in [5.41, 5.74) is 1.70. The first kappa shape index (κ1) is 11.8. The van der Waals surface area contributed by atoms with Crippen molar-refractivity contribution in [1.29, 1.82) is 0 Å². The van der Waals surface area contributed by atoms with Crippen LogP contribution in [-0.2, 0) is 6.54 Å². The number of phenols is 2. The molecule has 17 heavy (non-hydrogen) atoms. The van der Waals surface area contributed by atoms with E-state index in [-0.39, 0.29) is 11.5 Å². The molecule has 0 heterocycles. The molecule has 0 aliphatic carbocycles. The summed E-state index contributed by atoms with van der Waals surface area (Å²) in [4.78, 5) is 0. The third-order valence-electron chi connectivity index (χ3n) is 2.38. The van der Waals surface area contributed by atoms with E-state index in [1.165, 1.54) is 6.07 Å². The molecule has 0 spiro atoms. The van der Waals surface area contributed by atoms with Crippen LogP contribution in [0.1, 0.15) is 5.56 Å². The smallest absolute Gasteiger partial charge is 0.124 e. The van der Waals surface area contributed by atoms with Crippen molar-refractivity contribution in [2.75, 3.05) is 5.32 Å². The van der Waals surface area contributed by atoms with E-state index in [0.29, 0.717) is 6.54 Å². The Labute approximate surface area is 108 Å². The van der Waals surface area contributed by atoms with Crippen molar-refractivity contribution in [2.45, 2.75) is 6.54 Å². The Morgan fingerprint density at radius 3 is 2.59 bits per heavy atom. The number of benzene rings is 2. The highest BCUT2D eigenvalue weighted by Crippen LogP contribution is 2.24. The Balaban J connectivity index is 2.07. The van der Waals surface area contributed by atoms with Crippen molar-refractivity contribution in [3.05, 3.63) is 52.5 Å². The van der Waals surface area contributed by atoms with Crippen LogP contribution in [0.3, 0.4) is 0 Å². The van der Waals surface area contributed by atoms with Crippen LogP contribution in [0.5, 0.6) is 11.5 Å². The number of phenolic OH excluding ortho intramolecular Hbond substituents is 2. The number of halogens is 1. The Morgan fingerprint density at radius 1 is 1.06 bits per heavy atom. The van der Waals surface area contributed by atoms with Gasteiger partial charge in [0, 0.05) is 28.3 Å². The molecule has 0 radical (unpaired) electrons. The molecule has 0 amide bonds. The first-order valence-corrected chi connectivity index (χ1v) is 5.95. The second-order valence-electron chi connectivity index (χ2n) is 3.68. The number of nitrogens with one attached hydrogen (secondary N) is 1. The highest BCUT2D eigenvalue weighted by molar-refractivity contribution is 9.10. The Hall–Kier alpha value is -1.68. The van der Waals surface area contributed by atoms with Crippen LogP contribution in [-0.4, -0.2) is 10.2 Å². The molecule has 2 rings (SSSR count). The van der Waals surface area contributed by atoms with Crippen LogP contribution < -0.4 is 5.32 Å². The SMILES string of the molecule is Oc1ccc(CNc2cccc(Br)c2)c(O)c1. The highest BCUT2D eigenvalue weighted by Gasteiger charge is 2.02. The van der Waals surface area contributed by atoms with Gasteiger partial charge >= 0.3 is 0 Å². The summed E-state index contributed by atoms with van der Waals surface area (Å²) in [5, 5.41) is 22.0. The fourth-order valence-corrected chi connectivity index (χ4v) is 1.90. The van der Waals surface area contributed by atoms with Gasteiger partial charge in [0.2, 0.25) is 0 Å². The van der Waals surface area contributed by atoms with Crippen molar-refractivity contribution < 1.29 is 10.2 Å². The predicted molar refractivity (Wildman–Crippen MR) is 71.2 cm³/mol. The van der Waals surface area contributed by atoms with E-state index in [2.05, 4.69) is 21.2 Å². The minimum atomic E-state index is 0.0636. The van der Waals surface area contributed by atoms with Gasteiger partial charge in [-0.2, -0.15) is 0 Å². The summed E-state index contributed by atoms with van der Waals surface area (Å²) in [5.74, 6) is 0.154. The molecule has 0 aliphatic heterocycles. The quantitative estimate of drug-likeness (QED) is 0.812. The van der Waals surface area contributed by atoms with Crippen LogP contribution in [0.4, 0.5) is 5.69 Å². The minimum absolute atomic E-state index is 0.0636. The monoisotopic (exact) mass is 293 g/mol. The lowest BCUT2D eigenvalue weighted by Crippen LogP contribution is -1.99. The molecule has 0 atom stereocenters. The molecular weight excluding hydrogens is 282 g/mol. The molecule has 0 saturated carbocycles. The predicted octanol–water partition coefficient (Wildman–Crippen LogP) is 3.47. The van der Waals surface area contributed by atoms with Gasteiger partial charge in [0.25, 0.3) is 0 Å². The minimum Gasteiger partial charge on any atom is -0.508 e. The first-order valence-electron chi connectivity index (χ1n) is 5.15. The van der Waals surface area contributed by atoms with E-state index in [1.807, 2.05) is 24.3 Å². The van der Waals surface area contributed by atoms with Crippen LogP contribution >= 0.6 is 15.9 Å². The molecule has 0 aromatic heterocycles. The maximum absolute atomic E-state index is 9.61. The number of rotatable bonds is 3. The van der Waals surface area contributed by atoms with Crippen LogP contribution in [0.15, 0.2) is 46.9 Å². The third kappa shape index (κ3) is 3.14. The van der Waals surface area contributed by atoms with Gasteiger partial charge in [0.15, 0.2) is 0 Å². The standard InChI is InChI=1S/C13H12BrNO2/c14-10-2-1-3-11(6-10)15-8-9-4-5-12(16)7-13(9)17/h1-7,15-17H,8H2. The van der Waals surface area contributed by atoms with Gasteiger partial charge in [-0.1, -0.05) is 22.0 Å². The lowest BCUT2D eigenvalue weighted by atomic mass is 10.2. The zero-order valence-electron chi connectivity index (χ0n) is 9.02. The lowest BCUT2D eigenvalue weighted by molar-refractivity contribution is 0.446. The maximum Gasteiger partial charge on any atom is 0.124 e. The molecular formula is C13H12BrNO2. The van der Waals surface area contributed by atoms with Gasteiger partial charge in [-0.25, -0.2) is 0 Å². The van der Waals surface area contributed by atoms with Crippen molar-refractivity contribution in [3.63, 3.8) is 0 Å². The summed E-state index contributed by atoms with van der Waals surface area (Å²) in [6.07, 6.45) is 0. The summed E-state index contributed by atoms with van der Waals surface area (Å²) < 4.78 is 0.998. The van der Waals surface area contributed by atoms with Gasteiger partial charge in [0.05, 0.1) is 0 Å². The summed E-state index contributed by atoms with van der Waals surface area (Å²) in [6, 6.07) is 12.4. The van der Waals surface area contributed by atoms with Crippen molar-refractivity contribution in [3.8, 4) is 11.5 Å². The zero-order chi connectivity index (χ0) is 12.3. The average Bonchev–Trinajstić information content (AvgIpc) is 2.28. The Morgan fingerprint density at radius 2 is 1.88 bits per heavy atom. The normalized spacial score (nSPS) is 10.2. The van der Waals surface area contributed by atoms with Gasteiger partial charge < -0.3 is 15.5 Å². The van der Waals surface area contributed by atoms with E-state index < -0.39 is 0 Å². The maximum atomic E-state index is 9.61. The second-order valence-corrected chi connectivity index (χ2v) is 4.59. The topological polar surface area (TPSA) is 52.5 Å². The molecule has 4 heteroatoms. The van der Waals surface area contributed by atoms with Crippen LogP contribution in [0, 0.1) is 0 Å². The fraction of sp³-hybridized carbons (Fsp3) is 0.0769. The molecule has 88 valence electrons. The highest BCUT2D eigenvalue weighted by atomic mass is 79.9. The molecule has 2 aromatic carbocycles.